The number of rotatable bonds is 5. The molecule has 0 saturated carbocycles. The van der Waals surface area contributed by atoms with Crippen molar-refractivity contribution in [3.8, 4) is 0 Å². The lowest BCUT2D eigenvalue weighted by Gasteiger charge is -2.20. The molecule has 0 aliphatic heterocycles. The molecule has 0 aromatic heterocycles. The molecule has 0 spiro atoms. The molecule has 0 fully saturated rings. The topological polar surface area (TPSA) is 66.4 Å². The zero-order chi connectivity index (χ0) is 20.3. The largest absolute Gasteiger partial charge is 0.480 e. The quantitative estimate of drug-likeness (QED) is 0.687. The summed E-state index contributed by atoms with van der Waals surface area (Å²) in [7, 11) is 0. The van der Waals surface area contributed by atoms with Gasteiger partial charge < -0.3 is 10.4 Å². The van der Waals surface area contributed by atoms with Gasteiger partial charge >= 0.3 is 5.97 Å². The van der Waals surface area contributed by atoms with Crippen LogP contribution >= 0.6 is 0 Å². The van der Waals surface area contributed by atoms with Crippen LogP contribution in [-0.4, -0.2) is 23.0 Å². The number of carbonyl (C=O) groups is 2. The van der Waals surface area contributed by atoms with Gasteiger partial charge in [-0.2, -0.15) is 0 Å². The van der Waals surface area contributed by atoms with Crippen molar-refractivity contribution in [1.29, 1.82) is 0 Å². The predicted molar refractivity (Wildman–Crippen MR) is 112 cm³/mol. The summed E-state index contributed by atoms with van der Waals surface area (Å²) in [5, 5.41) is 14.2. The third kappa shape index (κ3) is 4.58. The molecule has 3 aromatic rings. The van der Waals surface area contributed by atoms with Gasteiger partial charge in [-0.25, -0.2) is 4.79 Å². The number of nitrogens with one attached hydrogen (secondary N) is 1. The molecule has 3 rings (SSSR count). The second-order valence-corrected chi connectivity index (χ2v) is 8.08. The van der Waals surface area contributed by atoms with Crippen LogP contribution in [0.15, 0.2) is 66.7 Å². The van der Waals surface area contributed by atoms with Gasteiger partial charge in [-0.05, 0) is 39.4 Å². The lowest BCUT2D eigenvalue weighted by Crippen LogP contribution is -2.42. The zero-order valence-electron chi connectivity index (χ0n) is 16.4. The number of fused-ring (bicyclic) bond motifs is 1. The van der Waals surface area contributed by atoms with Gasteiger partial charge in [0.05, 0.1) is 0 Å². The standard InChI is InChI=1S/C24H25NO3/c1-24(2,3)20-12-8-16(9-13-20)14-21(23(27)28)25-22(26)19-11-10-17-6-4-5-7-18(17)15-19/h4-13,15,21H,14H2,1-3H3,(H,25,26)(H,27,28)/t21-/m1/s1. The second-order valence-electron chi connectivity index (χ2n) is 8.08. The number of carbonyl (C=O) groups excluding carboxylic acids is 1. The maximum atomic E-state index is 12.6. The third-order valence-electron chi connectivity index (χ3n) is 4.87. The van der Waals surface area contributed by atoms with Crippen molar-refractivity contribution < 1.29 is 14.7 Å². The first-order valence-corrected chi connectivity index (χ1v) is 9.36. The first kappa shape index (κ1) is 19.6. The van der Waals surface area contributed by atoms with Gasteiger partial charge in [0.1, 0.15) is 6.04 Å². The average Bonchev–Trinajstić information content (AvgIpc) is 2.66. The first-order valence-electron chi connectivity index (χ1n) is 9.36. The van der Waals surface area contributed by atoms with E-state index in [4.69, 9.17) is 0 Å². The molecule has 28 heavy (non-hydrogen) atoms. The van der Waals surface area contributed by atoms with Gasteiger partial charge in [0.2, 0.25) is 0 Å². The van der Waals surface area contributed by atoms with Gasteiger partial charge in [-0.3, -0.25) is 4.79 Å². The fraction of sp³-hybridized carbons (Fsp3) is 0.250. The van der Waals surface area contributed by atoms with Gasteiger partial charge in [0.25, 0.3) is 5.91 Å². The zero-order valence-corrected chi connectivity index (χ0v) is 16.4. The van der Waals surface area contributed by atoms with Crippen molar-refractivity contribution in [2.24, 2.45) is 0 Å². The summed E-state index contributed by atoms with van der Waals surface area (Å²) in [6.07, 6.45) is 0.235. The van der Waals surface area contributed by atoms with E-state index < -0.39 is 12.0 Å². The van der Waals surface area contributed by atoms with Crippen LogP contribution < -0.4 is 5.32 Å². The Labute approximate surface area is 165 Å². The molecular weight excluding hydrogens is 350 g/mol. The van der Waals surface area contributed by atoms with Crippen LogP contribution in [0.25, 0.3) is 10.8 Å². The van der Waals surface area contributed by atoms with Crippen LogP contribution in [0.1, 0.15) is 42.3 Å². The number of hydrogen-bond acceptors (Lipinski definition) is 2. The molecule has 0 aliphatic rings. The van der Waals surface area contributed by atoms with Crippen molar-refractivity contribution in [2.45, 2.75) is 38.6 Å². The van der Waals surface area contributed by atoms with E-state index in [1.165, 1.54) is 5.56 Å². The minimum absolute atomic E-state index is 0.0367. The Morgan fingerprint density at radius 3 is 2.18 bits per heavy atom. The average molecular weight is 375 g/mol. The number of benzene rings is 3. The summed E-state index contributed by atoms with van der Waals surface area (Å²) in [6, 6.07) is 20.0. The Balaban J connectivity index is 1.75. The molecule has 0 saturated heterocycles. The summed E-state index contributed by atoms with van der Waals surface area (Å²) in [6.45, 7) is 6.39. The molecule has 0 unspecified atom stereocenters. The predicted octanol–water partition coefficient (Wildman–Crippen LogP) is 4.56. The third-order valence-corrected chi connectivity index (χ3v) is 4.87. The summed E-state index contributed by atoms with van der Waals surface area (Å²) in [4.78, 5) is 24.3. The normalized spacial score (nSPS) is 12.5. The van der Waals surface area contributed by atoms with E-state index in [0.717, 1.165) is 16.3 Å². The molecule has 2 N–H and O–H groups in total. The molecule has 0 radical (unpaired) electrons. The Kier molecular flexibility index (Phi) is 5.50. The van der Waals surface area contributed by atoms with Gasteiger partial charge in [0, 0.05) is 12.0 Å². The minimum atomic E-state index is -1.05. The van der Waals surface area contributed by atoms with Crippen LogP contribution in [0.5, 0.6) is 0 Å². The maximum absolute atomic E-state index is 12.6. The molecule has 1 atom stereocenters. The molecule has 3 aromatic carbocycles. The molecule has 144 valence electrons. The maximum Gasteiger partial charge on any atom is 0.326 e. The summed E-state index contributed by atoms with van der Waals surface area (Å²) < 4.78 is 0. The van der Waals surface area contributed by atoms with E-state index in [1.54, 1.807) is 12.1 Å². The van der Waals surface area contributed by atoms with Crippen molar-refractivity contribution in [3.63, 3.8) is 0 Å². The van der Waals surface area contributed by atoms with E-state index in [1.807, 2.05) is 54.6 Å². The molecule has 4 nitrogen and oxygen atoms in total. The van der Waals surface area contributed by atoms with Gasteiger partial charge in [-0.15, -0.1) is 0 Å². The van der Waals surface area contributed by atoms with Gasteiger partial charge in [-0.1, -0.05) is 75.4 Å². The van der Waals surface area contributed by atoms with E-state index in [-0.39, 0.29) is 17.7 Å². The lowest BCUT2D eigenvalue weighted by atomic mass is 9.86. The molecule has 0 bridgehead atoms. The van der Waals surface area contributed by atoms with E-state index in [0.29, 0.717) is 5.56 Å². The fourth-order valence-corrected chi connectivity index (χ4v) is 3.15. The summed E-state index contributed by atoms with van der Waals surface area (Å²) >= 11 is 0. The van der Waals surface area contributed by atoms with E-state index in [2.05, 4.69) is 26.1 Å². The van der Waals surface area contributed by atoms with Crippen molar-refractivity contribution in [2.75, 3.05) is 0 Å². The van der Waals surface area contributed by atoms with Crippen LogP contribution in [0.4, 0.5) is 0 Å². The highest BCUT2D eigenvalue weighted by Gasteiger charge is 2.22. The monoisotopic (exact) mass is 375 g/mol. The highest BCUT2D eigenvalue weighted by atomic mass is 16.4. The molecular formula is C24H25NO3. The van der Waals surface area contributed by atoms with Crippen LogP contribution in [0.2, 0.25) is 0 Å². The Morgan fingerprint density at radius 2 is 1.57 bits per heavy atom. The molecule has 4 heteroatoms. The Bertz CT molecular complexity index is 1000. The van der Waals surface area contributed by atoms with E-state index >= 15 is 0 Å². The number of amides is 1. The summed E-state index contributed by atoms with van der Waals surface area (Å²) in [5.41, 5.74) is 2.55. The number of carboxylic acids is 1. The smallest absolute Gasteiger partial charge is 0.326 e. The first-order chi connectivity index (χ1) is 13.2. The number of hydrogen-bond donors (Lipinski definition) is 2. The van der Waals surface area contributed by atoms with Crippen LogP contribution in [0.3, 0.4) is 0 Å². The fourth-order valence-electron chi connectivity index (χ4n) is 3.15. The highest BCUT2D eigenvalue weighted by Crippen LogP contribution is 2.22. The van der Waals surface area contributed by atoms with Crippen LogP contribution in [-0.2, 0) is 16.6 Å². The van der Waals surface area contributed by atoms with Crippen molar-refractivity contribution in [1.82, 2.24) is 5.32 Å². The van der Waals surface area contributed by atoms with Crippen molar-refractivity contribution in [3.05, 3.63) is 83.4 Å². The number of aliphatic carboxylic acids is 1. The second kappa shape index (κ2) is 7.85. The van der Waals surface area contributed by atoms with E-state index in [9.17, 15) is 14.7 Å². The molecule has 1 amide bonds. The molecule has 0 aliphatic carbocycles. The number of carboxylic acid groups (broad SMARTS) is 1. The lowest BCUT2D eigenvalue weighted by molar-refractivity contribution is -0.139. The van der Waals surface area contributed by atoms with Crippen molar-refractivity contribution >= 4 is 22.6 Å². The summed E-state index contributed by atoms with van der Waals surface area (Å²) in [5.74, 6) is -1.43. The minimum Gasteiger partial charge on any atom is -0.480 e. The SMILES string of the molecule is CC(C)(C)c1ccc(C[C@@H](NC(=O)c2ccc3ccccc3c2)C(=O)O)cc1. The molecule has 0 heterocycles. The van der Waals surface area contributed by atoms with Gasteiger partial charge in [0.15, 0.2) is 0 Å². The Morgan fingerprint density at radius 1 is 0.929 bits per heavy atom. The Hall–Kier alpha value is -3.14. The van der Waals surface area contributed by atoms with Crippen LogP contribution in [0, 0.1) is 0 Å². The highest BCUT2D eigenvalue weighted by molar-refractivity contribution is 6.00.